The maximum absolute atomic E-state index is 12.8. The van der Waals surface area contributed by atoms with Gasteiger partial charge in [0.2, 0.25) is 0 Å². The van der Waals surface area contributed by atoms with Crippen molar-refractivity contribution in [3.8, 4) is 0 Å². The average Bonchev–Trinajstić information content (AvgIpc) is 2.32. The summed E-state index contributed by atoms with van der Waals surface area (Å²) in [6, 6.07) is -0.566. The van der Waals surface area contributed by atoms with Crippen molar-refractivity contribution in [2.45, 2.75) is 25.6 Å². The van der Waals surface area contributed by atoms with Crippen LogP contribution in [0.25, 0.3) is 0 Å². The van der Waals surface area contributed by atoms with Gasteiger partial charge < -0.3 is 15.2 Å². The van der Waals surface area contributed by atoms with Crippen molar-refractivity contribution in [2.24, 2.45) is 0 Å². The predicted octanol–water partition coefficient (Wildman–Crippen LogP) is 1.08. The van der Waals surface area contributed by atoms with Crippen LogP contribution in [-0.4, -0.2) is 40.5 Å². The Morgan fingerprint density at radius 3 is 2.81 bits per heavy atom. The molecule has 3 N–H and O–H groups in total. The molecular formula is C11H14F3N3O4. The van der Waals surface area contributed by atoms with Crippen LogP contribution in [0.3, 0.4) is 0 Å². The summed E-state index contributed by atoms with van der Waals surface area (Å²) in [6.45, 7) is 1.46. The van der Waals surface area contributed by atoms with Crippen LogP contribution in [0, 0.1) is 0 Å². The van der Waals surface area contributed by atoms with Crippen LogP contribution in [0.1, 0.15) is 18.9 Å². The number of hydrogen-bond donors (Lipinski definition) is 3. The zero-order valence-electron chi connectivity index (χ0n) is 11.0. The second-order valence-electron chi connectivity index (χ2n) is 4.25. The lowest BCUT2D eigenvalue weighted by Crippen LogP contribution is -2.29. The zero-order valence-corrected chi connectivity index (χ0v) is 11.0. The summed E-state index contributed by atoms with van der Waals surface area (Å²) in [6.07, 6.45) is -4.16. The van der Waals surface area contributed by atoms with Gasteiger partial charge in [0.25, 0.3) is 5.56 Å². The van der Waals surface area contributed by atoms with Crippen LogP contribution < -0.4 is 10.9 Å². The van der Waals surface area contributed by atoms with Crippen molar-refractivity contribution in [1.29, 1.82) is 0 Å². The maximum atomic E-state index is 12.8. The summed E-state index contributed by atoms with van der Waals surface area (Å²) in [5.74, 6) is -1.03. The number of rotatable bonds is 7. The summed E-state index contributed by atoms with van der Waals surface area (Å²) >= 11 is 0. The maximum Gasteiger partial charge on any atom is 0.423 e. The molecule has 0 aliphatic heterocycles. The summed E-state index contributed by atoms with van der Waals surface area (Å²) < 4.78 is 43.3. The number of hydrogen-bond acceptors (Lipinski definition) is 5. The molecule has 7 nitrogen and oxygen atoms in total. The first kappa shape index (κ1) is 17.0. The van der Waals surface area contributed by atoms with Crippen molar-refractivity contribution in [1.82, 2.24) is 10.2 Å². The molecular weight excluding hydrogens is 295 g/mol. The largest absolute Gasteiger partial charge is 0.481 e. The molecule has 0 aliphatic rings. The summed E-state index contributed by atoms with van der Waals surface area (Å²) in [5, 5.41) is 15.9. The van der Waals surface area contributed by atoms with Gasteiger partial charge in [0, 0.05) is 6.04 Å². The van der Waals surface area contributed by atoms with E-state index in [1.165, 1.54) is 6.92 Å². The molecule has 0 unspecified atom stereocenters. The number of nitrogens with one attached hydrogen (secondary N) is 2. The van der Waals surface area contributed by atoms with Crippen LogP contribution in [0.5, 0.6) is 0 Å². The molecule has 0 aliphatic carbocycles. The van der Waals surface area contributed by atoms with Crippen LogP contribution in [0.15, 0.2) is 11.0 Å². The quantitative estimate of drug-likeness (QED) is 0.651. The molecule has 1 aromatic rings. The van der Waals surface area contributed by atoms with Gasteiger partial charge in [-0.3, -0.25) is 9.59 Å². The van der Waals surface area contributed by atoms with Gasteiger partial charge in [-0.1, -0.05) is 0 Å². The third-order valence-electron chi connectivity index (χ3n) is 2.37. The highest BCUT2D eigenvalue weighted by atomic mass is 19.4. The number of nitrogens with zero attached hydrogens (tertiary/aromatic N) is 1. The number of carbonyl (C=O) groups is 1. The Balaban J connectivity index is 2.68. The number of halogens is 3. The molecule has 0 spiro atoms. The number of anilines is 1. The molecule has 0 aromatic carbocycles. The molecule has 0 amide bonds. The minimum atomic E-state index is -4.82. The molecule has 0 saturated carbocycles. The molecule has 1 rings (SSSR count). The molecule has 0 radical (unpaired) electrons. The Kier molecular flexibility index (Phi) is 5.70. The van der Waals surface area contributed by atoms with Crippen molar-refractivity contribution >= 4 is 11.7 Å². The molecule has 1 atom stereocenters. The lowest BCUT2D eigenvalue weighted by atomic mass is 10.2. The molecule has 10 heteroatoms. The number of ether oxygens (including phenoxy) is 1. The Labute approximate surface area is 117 Å². The first-order chi connectivity index (χ1) is 9.71. The van der Waals surface area contributed by atoms with E-state index in [2.05, 4.69) is 10.4 Å². The van der Waals surface area contributed by atoms with Gasteiger partial charge in [0.05, 0.1) is 31.5 Å². The molecule has 0 bridgehead atoms. The van der Waals surface area contributed by atoms with Crippen molar-refractivity contribution in [3.63, 3.8) is 0 Å². The number of carboxylic acids is 1. The number of aliphatic carboxylic acids is 1. The van der Waals surface area contributed by atoms with E-state index in [1.807, 2.05) is 0 Å². The Hall–Kier alpha value is -2.10. The normalized spacial score (nSPS) is 13.0. The monoisotopic (exact) mass is 309 g/mol. The lowest BCUT2D eigenvalue weighted by Gasteiger charge is -2.18. The van der Waals surface area contributed by atoms with E-state index in [0.717, 1.165) is 6.20 Å². The van der Waals surface area contributed by atoms with E-state index in [9.17, 15) is 22.8 Å². The molecule has 1 heterocycles. The average molecular weight is 309 g/mol. The van der Waals surface area contributed by atoms with E-state index < -0.39 is 35.0 Å². The van der Waals surface area contributed by atoms with Gasteiger partial charge in [-0.05, 0) is 6.92 Å². The number of carboxylic acid groups (broad SMARTS) is 1. The van der Waals surface area contributed by atoms with Gasteiger partial charge in [-0.2, -0.15) is 18.3 Å². The second-order valence-corrected chi connectivity index (χ2v) is 4.25. The fourth-order valence-corrected chi connectivity index (χ4v) is 1.52. The highest BCUT2D eigenvalue weighted by Gasteiger charge is 2.37. The summed E-state index contributed by atoms with van der Waals surface area (Å²) in [5.41, 5.74) is -3.16. The van der Waals surface area contributed by atoms with Crippen LogP contribution in [-0.2, 0) is 15.7 Å². The third-order valence-corrected chi connectivity index (χ3v) is 2.37. The minimum Gasteiger partial charge on any atom is -0.481 e. The number of aromatic nitrogens is 2. The van der Waals surface area contributed by atoms with Gasteiger partial charge in [0.15, 0.2) is 0 Å². The summed E-state index contributed by atoms with van der Waals surface area (Å²) in [4.78, 5) is 21.5. The van der Waals surface area contributed by atoms with Crippen LogP contribution in [0.4, 0.5) is 18.9 Å². The molecule has 0 fully saturated rings. The Morgan fingerprint density at radius 1 is 1.57 bits per heavy atom. The second kappa shape index (κ2) is 7.07. The molecule has 0 saturated heterocycles. The lowest BCUT2D eigenvalue weighted by molar-refractivity contribution is -0.139. The number of H-pyrrole nitrogens is 1. The van der Waals surface area contributed by atoms with E-state index in [0.29, 0.717) is 0 Å². The van der Waals surface area contributed by atoms with Gasteiger partial charge in [-0.25, -0.2) is 5.10 Å². The zero-order chi connectivity index (χ0) is 16.0. The smallest absolute Gasteiger partial charge is 0.423 e. The fourth-order valence-electron chi connectivity index (χ4n) is 1.52. The highest BCUT2D eigenvalue weighted by Crippen LogP contribution is 2.31. The van der Waals surface area contributed by atoms with Crippen molar-refractivity contribution in [2.75, 3.05) is 18.5 Å². The van der Waals surface area contributed by atoms with Crippen LogP contribution in [0.2, 0.25) is 0 Å². The van der Waals surface area contributed by atoms with E-state index in [1.54, 1.807) is 5.10 Å². The molecule has 118 valence electrons. The highest BCUT2D eigenvalue weighted by molar-refractivity contribution is 5.66. The first-order valence-corrected chi connectivity index (χ1v) is 5.92. The Bertz CT molecular complexity index is 544. The fraction of sp³-hybridized carbons (Fsp3) is 0.545. The van der Waals surface area contributed by atoms with Crippen LogP contribution >= 0.6 is 0 Å². The van der Waals surface area contributed by atoms with E-state index >= 15 is 0 Å². The van der Waals surface area contributed by atoms with Gasteiger partial charge in [-0.15, -0.1) is 0 Å². The number of aromatic amines is 1. The van der Waals surface area contributed by atoms with E-state index in [-0.39, 0.29) is 19.6 Å². The molecule has 21 heavy (non-hydrogen) atoms. The number of alkyl halides is 3. The summed E-state index contributed by atoms with van der Waals surface area (Å²) in [7, 11) is 0. The SMILES string of the molecule is C[C@@H](COCCC(=O)O)Nc1cn[nH]c(=O)c1C(F)(F)F. The first-order valence-electron chi connectivity index (χ1n) is 5.92. The third kappa shape index (κ3) is 5.42. The van der Waals surface area contributed by atoms with Crippen molar-refractivity contribution in [3.05, 3.63) is 22.1 Å². The standard InChI is InChI=1S/C11H14F3N3O4/c1-6(5-21-3-2-8(18)19)16-7-4-15-17-10(20)9(7)11(12,13)14/h4,6H,2-3,5H2,1H3,(H,18,19)(H2,16,17,20)/t6-/m0/s1. The minimum absolute atomic E-state index is 0.0165. The van der Waals surface area contributed by atoms with Gasteiger partial charge >= 0.3 is 12.1 Å². The predicted molar refractivity (Wildman–Crippen MR) is 66.0 cm³/mol. The van der Waals surface area contributed by atoms with Crippen molar-refractivity contribution < 1.29 is 27.8 Å². The van der Waals surface area contributed by atoms with E-state index in [4.69, 9.17) is 9.84 Å². The topological polar surface area (TPSA) is 104 Å². The Morgan fingerprint density at radius 2 is 2.24 bits per heavy atom. The van der Waals surface area contributed by atoms with Gasteiger partial charge in [0.1, 0.15) is 5.56 Å². The molecule has 1 aromatic heterocycles.